The van der Waals surface area contributed by atoms with Gasteiger partial charge >= 0.3 is 0 Å². The lowest BCUT2D eigenvalue weighted by molar-refractivity contribution is -0.117. The molecule has 6 rings (SSSR count). The van der Waals surface area contributed by atoms with E-state index in [1.165, 1.54) is 12.1 Å². The monoisotopic (exact) mass is 607 g/mol. The number of H-pyrrole nitrogens is 2. The molecule has 5 heterocycles. The maximum absolute atomic E-state index is 14.6. The summed E-state index contributed by atoms with van der Waals surface area (Å²) in [6.45, 7) is 7.18. The number of pyridine rings is 3. The molecule has 0 atom stereocenters. The third-order valence-electron chi connectivity index (χ3n) is 7.04. The minimum absolute atomic E-state index is 0.0720. The highest BCUT2D eigenvalue weighted by molar-refractivity contribution is 5.96. The summed E-state index contributed by atoms with van der Waals surface area (Å²) in [6, 6.07) is 10.2. The minimum Gasteiger partial charge on any atom is -0.492 e. The molecule has 0 aliphatic heterocycles. The summed E-state index contributed by atoms with van der Waals surface area (Å²) in [5.41, 5.74) is 5.57. The zero-order valence-corrected chi connectivity index (χ0v) is 25.8. The number of ether oxygens (including phenoxy) is 1. The predicted molar refractivity (Wildman–Crippen MR) is 172 cm³/mol. The standard InChI is InChI=1S/C33H34FN9O2/c1-33(2,3)15-27(44)38-23-11-20(16-35-18-23)21-13-25-29(41-42-31(25)37-17-21)32-39-26-6-7-36-28(30(26)40-32)19-10-22(34)14-24(12-19)45-9-8-43(4)5/h6-7,10-14,16-18H,8-9,15H2,1-5H3,(H,38,44)(H,39,40)(H,37,41,42). The molecule has 230 valence electrons. The van der Waals surface area contributed by atoms with Crippen molar-refractivity contribution in [3.63, 3.8) is 0 Å². The Morgan fingerprint density at radius 3 is 2.62 bits per heavy atom. The van der Waals surface area contributed by atoms with Gasteiger partial charge in [-0.3, -0.25) is 19.9 Å². The van der Waals surface area contributed by atoms with Crippen LogP contribution in [0.2, 0.25) is 0 Å². The molecule has 0 spiro atoms. The van der Waals surface area contributed by atoms with E-state index in [2.05, 4.69) is 35.5 Å². The summed E-state index contributed by atoms with van der Waals surface area (Å²) in [7, 11) is 3.90. The van der Waals surface area contributed by atoms with E-state index in [1.807, 2.05) is 58.0 Å². The molecule has 1 amide bonds. The summed E-state index contributed by atoms with van der Waals surface area (Å²) in [5, 5.41) is 11.2. The van der Waals surface area contributed by atoms with Gasteiger partial charge in [-0.1, -0.05) is 20.8 Å². The molecular weight excluding hydrogens is 573 g/mol. The first-order chi connectivity index (χ1) is 21.5. The summed E-state index contributed by atoms with van der Waals surface area (Å²) in [6.07, 6.45) is 7.11. The quantitative estimate of drug-likeness (QED) is 0.180. The van der Waals surface area contributed by atoms with Crippen molar-refractivity contribution in [3.05, 3.63) is 67.0 Å². The van der Waals surface area contributed by atoms with E-state index < -0.39 is 5.82 Å². The first-order valence-electron chi connectivity index (χ1n) is 14.6. The smallest absolute Gasteiger partial charge is 0.224 e. The van der Waals surface area contributed by atoms with Crippen LogP contribution in [0.15, 0.2) is 61.2 Å². The zero-order valence-electron chi connectivity index (χ0n) is 25.8. The van der Waals surface area contributed by atoms with Gasteiger partial charge in [-0.05, 0) is 49.8 Å². The van der Waals surface area contributed by atoms with Gasteiger partial charge in [0.1, 0.15) is 29.4 Å². The highest BCUT2D eigenvalue weighted by atomic mass is 19.1. The number of anilines is 1. The number of fused-ring (bicyclic) bond motifs is 2. The molecule has 0 aliphatic carbocycles. The number of amides is 1. The fraction of sp³-hybridized carbons (Fsp3) is 0.273. The van der Waals surface area contributed by atoms with Crippen LogP contribution in [0.25, 0.3) is 56.0 Å². The molecule has 0 bridgehead atoms. The van der Waals surface area contributed by atoms with Crippen LogP contribution in [-0.2, 0) is 4.79 Å². The fourth-order valence-electron chi connectivity index (χ4n) is 4.98. The average Bonchev–Trinajstić information content (AvgIpc) is 3.59. The van der Waals surface area contributed by atoms with Gasteiger partial charge in [0.25, 0.3) is 0 Å². The van der Waals surface area contributed by atoms with Gasteiger partial charge in [0, 0.05) is 54.3 Å². The largest absolute Gasteiger partial charge is 0.492 e. The van der Waals surface area contributed by atoms with Crippen LogP contribution < -0.4 is 10.1 Å². The Balaban J connectivity index is 1.33. The number of benzene rings is 1. The maximum Gasteiger partial charge on any atom is 0.224 e. The maximum atomic E-state index is 14.6. The molecule has 0 saturated carbocycles. The van der Waals surface area contributed by atoms with E-state index in [0.717, 1.165) is 22.0 Å². The third kappa shape index (κ3) is 6.80. The number of hydrogen-bond donors (Lipinski definition) is 3. The Morgan fingerprint density at radius 2 is 1.82 bits per heavy atom. The van der Waals surface area contributed by atoms with E-state index in [1.54, 1.807) is 30.9 Å². The first kappa shape index (κ1) is 29.8. The molecule has 1 aromatic carbocycles. The number of carbonyl (C=O) groups is 1. The molecule has 3 N–H and O–H groups in total. The average molecular weight is 608 g/mol. The van der Waals surface area contributed by atoms with E-state index in [9.17, 15) is 9.18 Å². The third-order valence-corrected chi connectivity index (χ3v) is 7.04. The van der Waals surface area contributed by atoms with Crippen LogP contribution in [0.5, 0.6) is 5.75 Å². The van der Waals surface area contributed by atoms with Gasteiger partial charge in [0.2, 0.25) is 5.91 Å². The van der Waals surface area contributed by atoms with Crippen molar-refractivity contribution in [2.45, 2.75) is 27.2 Å². The Labute approximate surface area is 259 Å². The van der Waals surface area contributed by atoms with Crippen LogP contribution in [0.3, 0.4) is 0 Å². The molecule has 0 fully saturated rings. The molecule has 12 heteroatoms. The first-order valence-corrected chi connectivity index (χ1v) is 14.6. The molecule has 5 aromatic heterocycles. The highest BCUT2D eigenvalue weighted by Crippen LogP contribution is 2.33. The van der Waals surface area contributed by atoms with Crippen LogP contribution >= 0.6 is 0 Å². The van der Waals surface area contributed by atoms with Crippen molar-refractivity contribution in [2.75, 3.05) is 32.6 Å². The molecule has 11 nitrogen and oxygen atoms in total. The molecule has 0 saturated heterocycles. The lowest BCUT2D eigenvalue weighted by atomic mass is 9.92. The predicted octanol–water partition coefficient (Wildman–Crippen LogP) is 6.08. The fourth-order valence-corrected chi connectivity index (χ4v) is 4.98. The summed E-state index contributed by atoms with van der Waals surface area (Å²) >= 11 is 0. The second kappa shape index (κ2) is 12.0. The van der Waals surface area contributed by atoms with Crippen molar-refractivity contribution in [3.8, 4) is 39.7 Å². The van der Waals surface area contributed by atoms with E-state index >= 15 is 0 Å². The van der Waals surface area contributed by atoms with Crippen molar-refractivity contribution in [1.29, 1.82) is 0 Å². The lowest BCUT2D eigenvalue weighted by Gasteiger charge is -2.17. The molecule has 6 aromatic rings. The van der Waals surface area contributed by atoms with Gasteiger partial charge < -0.3 is 19.9 Å². The van der Waals surface area contributed by atoms with Gasteiger partial charge in [-0.25, -0.2) is 14.4 Å². The number of nitrogens with zero attached hydrogens (tertiary/aromatic N) is 6. The summed E-state index contributed by atoms with van der Waals surface area (Å²) in [5.74, 6) is 0.429. The normalized spacial score (nSPS) is 11.9. The van der Waals surface area contributed by atoms with Gasteiger partial charge in [0.15, 0.2) is 11.5 Å². The van der Waals surface area contributed by atoms with Crippen molar-refractivity contribution in [2.24, 2.45) is 5.41 Å². The van der Waals surface area contributed by atoms with Gasteiger partial charge in [-0.15, -0.1) is 0 Å². The summed E-state index contributed by atoms with van der Waals surface area (Å²) < 4.78 is 20.4. The molecular formula is C33H34FN9O2. The second-order valence-electron chi connectivity index (χ2n) is 12.4. The lowest BCUT2D eigenvalue weighted by Crippen LogP contribution is -2.19. The molecule has 45 heavy (non-hydrogen) atoms. The van der Waals surface area contributed by atoms with Crippen molar-refractivity contribution in [1.82, 2.24) is 40.0 Å². The van der Waals surface area contributed by atoms with Crippen molar-refractivity contribution < 1.29 is 13.9 Å². The molecule has 0 unspecified atom stereocenters. The van der Waals surface area contributed by atoms with Crippen LogP contribution in [0.1, 0.15) is 27.2 Å². The van der Waals surface area contributed by atoms with Gasteiger partial charge in [-0.2, -0.15) is 5.10 Å². The number of rotatable bonds is 9. The molecule has 0 aliphatic rings. The second-order valence-corrected chi connectivity index (χ2v) is 12.4. The Bertz CT molecular complexity index is 2010. The zero-order chi connectivity index (χ0) is 31.7. The van der Waals surface area contributed by atoms with Crippen LogP contribution in [-0.4, -0.2) is 73.2 Å². The van der Waals surface area contributed by atoms with Crippen molar-refractivity contribution >= 4 is 33.7 Å². The highest BCUT2D eigenvalue weighted by Gasteiger charge is 2.19. The molecule has 0 radical (unpaired) electrons. The van der Waals surface area contributed by atoms with E-state index in [4.69, 9.17) is 9.72 Å². The van der Waals surface area contributed by atoms with Gasteiger partial charge in [0.05, 0.1) is 28.5 Å². The number of imidazole rings is 1. The Kier molecular flexibility index (Phi) is 7.98. The van der Waals surface area contributed by atoms with Crippen LogP contribution in [0, 0.1) is 11.2 Å². The minimum atomic E-state index is -0.425. The Morgan fingerprint density at radius 1 is 1.00 bits per heavy atom. The van der Waals surface area contributed by atoms with E-state index in [0.29, 0.717) is 64.9 Å². The number of aromatic nitrogens is 7. The SMILES string of the molecule is CN(C)CCOc1cc(F)cc(-c2nccc3[nH]c(-c4n[nH]c5ncc(-c6cncc(NC(=O)CC(C)(C)C)c6)cc45)nc23)c1. The van der Waals surface area contributed by atoms with Crippen LogP contribution in [0.4, 0.5) is 10.1 Å². The number of nitrogens with one attached hydrogen (secondary N) is 3. The van der Waals surface area contributed by atoms with E-state index in [-0.39, 0.29) is 11.3 Å². The summed E-state index contributed by atoms with van der Waals surface area (Å²) in [4.78, 5) is 36.1. The number of hydrogen-bond acceptors (Lipinski definition) is 8. The topological polar surface area (TPSA) is 138 Å². The Hall–Kier alpha value is -5.23. The number of carbonyl (C=O) groups excluding carboxylic acids is 1. The number of halogens is 1. The number of aromatic amines is 2. The number of likely N-dealkylation sites (N-methyl/N-ethyl adjacent to an activating group) is 1.